The molecule has 1 heterocycles. The van der Waals surface area contributed by atoms with Crippen LogP contribution in [0.4, 0.5) is 0 Å². The van der Waals surface area contributed by atoms with Gasteiger partial charge in [0.1, 0.15) is 0 Å². The lowest BCUT2D eigenvalue weighted by Crippen LogP contribution is -2.43. The molecule has 0 amide bonds. The first kappa shape index (κ1) is 14.0. The van der Waals surface area contributed by atoms with Gasteiger partial charge in [-0.1, -0.05) is 34.6 Å². The summed E-state index contributed by atoms with van der Waals surface area (Å²) in [6, 6.07) is 1.38. The first-order valence-electron chi connectivity index (χ1n) is 6.83. The van der Waals surface area contributed by atoms with Gasteiger partial charge in [-0.05, 0) is 32.2 Å². The van der Waals surface area contributed by atoms with Gasteiger partial charge >= 0.3 is 0 Å². The van der Waals surface area contributed by atoms with E-state index < -0.39 is 0 Å². The molecule has 2 heteroatoms. The fourth-order valence-corrected chi connectivity index (χ4v) is 3.05. The van der Waals surface area contributed by atoms with Crippen LogP contribution in [0.2, 0.25) is 0 Å². The van der Waals surface area contributed by atoms with Crippen molar-refractivity contribution in [2.75, 3.05) is 13.1 Å². The first-order chi connectivity index (χ1) is 7.31. The molecule has 1 aliphatic heterocycles. The van der Waals surface area contributed by atoms with Crippen molar-refractivity contribution in [3.05, 3.63) is 0 Å². The molecule has 2 nitrogen and oxygen atoms in total. The molecule has 16 heavy (non-hydrogen) atoms. The Balaban J connectivity index is 2.82. The molecule has 0 aromatic rings. The molecule has 0 aromatic carbocycles. The zero-order valence-electron chi connectivity index (χ0n) is 12.2. The van der Waals surface area contributed by atoms with E-state index in [0.717, 1.165) is 0 Å². The van der Waals surface area contributed by atoms with Crippen LogP contribution >= 0.6 is 0 Å². The molecule has 0 bridgehead atoms. The van der Waals surface area contributed by atoms with Crippen LogP contribution in [0.25, 0.3) is 0 Å². The van der Waals surface area contributed by atoms with Crippen molar-refractivity contribution in [2.45, 2.75) is 73.1 Å². The molecule has 1 rings (SSSR count). The van der Waals surface area contributed by atoms with Crippen LogP contribution in [0.5, 0.6) is 0 Å². The highest BCUT2D eigenvalue weighted by Crippen LogP contribution is 2.31. The number of nitrogens with zero attached hydrogens (tertiary/aromatic N) is 2. The third kappa shape index (κ3) is 2.78. The Morgan fingerprint density at radius 3 is 1.81 bits per heavy atom. The van der Waals surface area contributed by atoms with Gasteiger partial charge in [0.05, 0.1) is 6.17 Å². The Morgan fingerprint density at radius 1 is 0.938 bits per heavy atom. The van der Waals surface area contributed by atoms with Crippen LogP contribution in [-0.4, -0.2) is 41.1 Å². The summed E-state index contributed by atoms with van der Waals surface area (Å²) >= 11 is 0. The van der Waals surface area contributed by atoms with E-state index in [9.17, 15) is 0 Å². The van der Waals surface area contributed by atoms with E-state index in [1.54, 1.807) is 0 Å². The minimum absolute atomic E-state index is 0.394. The van der Waals surface area contributed by atoms with E-state index in [0.29, 0.717) is 23.7 Å². The highest BCUT2D eigenvalue weighted by molar-refractivity contribution is 4.94. The second-order valence-electron chi connectivity index (χ2n) is 6.43. The second kappa shape index (κ2) is 5.05. The van der Waals surface area contributed by atoms with E-state index in [4.69, 9.17) is 0 Å². The zero-order chi connectivity index (χ0) is 12.5. The van der Waals surface area contributed by atoms with Gasteiger partial charge in [-0.15, -0.1) is 0 Å². The van der Waals surface area contributed by atoms with Gasteiger partial charge in [-0.25, -0.2) is 0 Å². The summed E-state index contributed by atoms with van der Waals surface area (Å²) in [7, 11) is 0. The maximum Gasteiger partial charge on any atom is 0.0625 e. The Morgan fingerprint density at radius 2 is 1.44 bits per heavy atom. The molecule has 0 saturated carbocycles. The monoisotopic (exact) mass is 226 g/mol. The molecule has 0 aromatic heterocycles. The van der Waals surface area contributed by atoms with Crippen LogP contribution in [0, 0.1) is 5.41 Å². The first-order valence-corrected chi connectivity index (χ1v) is 6.83. The van der Waals surface area contributed by atoms with Crippen molar-refractivity contribution >= 4 is 0 Å². The number of hydrogen-bond acceptors (Lipinski definition) is 2. The van der Waals surface area contributed by atoms with Crippen molar-refractivity contribution in [1.29, 1.82) is 0 Å². The van der Waals surface area contributed by atoms with Crippen molar-refractivity contribution in [3.8, 4) is 0 Å². The van der Waals surface area contributed by atoms with Gasteiger partial charge < -0.3 is 0 Å². The molecule has 1 fully saturated rings. The maximum atomic E-state index is 2.70. The number of rotatable bonds is 3. The van der Waals surface area contributed by atoms with Crippen LogP contribution in [0.3, 0.4) is 0 Å². The smallest absolute Gasteiger partial charge is 0.0625 e. The van der Waals surface area contributed by atoms with Crippen LogP contribution < -0.4 is 0 Å². The third-order valence-electron chi connectivity index (χ3n) is 3.90. The fraction of sp³-hybridized carbons (Fsp3) is 1.00. The van der Waals surface area contributed by atoms with Gasteiger partial charge in [0.15, 0.2) is 0 Å². The van der Waals surface area contributed by atoms with E-state index in [1.807, 2.05) is 0 Å². The van der Waals surface area contributed by atoms with Crippen molar-refractivity contribution in [2.24, 2.45) is 5.41 Å². The summed E-state index contributed by atoms with van der Waals surface area (Å²) in [5.41, 5.74) is 0.394. The molecule has 3 unspecified atom stereocenters. The summed E-state index contributed by atoms with van der Waals surface area (Å²) in [5, 5.41) is 0. The lowest BCUT2D eigenvalue weighted by Gasteiger charge is -2.35. The molecule has 3 atom stereocenters. The quantitative estimate of drug-likeness (QED) is 0.729. The Kier molecular flexibility index (Phi) is 4.42. The molecule has 96 valence electrons. The lowest BCUT2D eigenvalue weighted by molar-refractivity contribution is 0.0859. The lowest BCUT2D eigenvalue weighted by atomic mass is 9.95. The zero-order valence-corrected chi connectivity index (χ0v) is 12.2. The molecule has 0 radical (unpaired) electrons. The normalized spacial score (nSPS) is 33.6. The standard InChI is InChI=1S/C14H30N2/c1-8-13-15(9-2)11(3)12(4)16(13)10-14(5,6)7/h11-13H,8-10H2,1-7H3. The van der Waals surface area contributed by atoms with E-state index >= 15 is 0 Å². The van der Waals surface area contributed by atoms with Crippen molar-refractivity contribution in [3.63, 3.8) is 0 Å². The van der Waals surface area contributed by atoms with E-state index in [1.165, 1.54) is 19.5 Å². The summed E-state index contributed by atoms with van der Waals surface area (Å²) in [6.45, 7) is 18.7. The highest BCUT2D eigenvalue weighted by atomic mass is 15.4. The largest absolute Gasteiger partial charge is 0.284 e. The van der Waals surface area contributed by atoms with Crippen LogP contribution in [0.1, 0.15) is 54.9 Å². The van der Waals surface area contributed by atoms with Gasteiger partial charge in [-0.3, -0.25) is 9.80 Å². The molecule has 0 N–H and O–H groups in total. The molecular weight excluding hydrogens is 196 g/mol. The predicted octanol–water partition coefficient (Wildman–Crippen LogP) is 3.18. The van der Waals surface area contributed by atoms with Gasteiger partial charge in [0.2, 0.25) is 0 Å². The minimum atomic E-state index is 0.394. The number of hydrogen-bond donors (Lipinski definition) is 0. The van der Waals surface area contributed by atoms with Crippen molar-refractivity contribution in [1.82, 2.24) is 9.80 Å². The SMILES string of the molecule is CCC1N(CC)C(C)C(C)N1CC(C)(C)C. The summed E-state index contributed by atoms with van der Waals surface area (Å²) in [5.74, 6) is 0. The van der Waals surface area contributed by atoms with E-state index in [2.05, 4.69) is 58.3 Å². The third-order valence-corrected chi connectivity index (χ3v) is 3.90. The van der Waals surface area contributed by atoms with Crippen LogP contribution in [0.15, 0.2) is 0 Å². The van der Waals surface area contributed by atoms with Crippen molar-refractivity contribution < 1.29 is 0 Å². The highest BCUT2D eigenvalue weighted by Gasteiger charge is 2.41. The van der Waals surface area contributed by atoms with Gasteiger partial charge in [0.25, 0.3) is 0 Å². The van der Waals surface area contributed by atoms with E-state index in [-0.39, 0.29) is 0 Å². The molecule has 1 aliphatic rings. The summed E-state index contributed by atoms with van der Waals surface area (Å²) in [4.78, 5) is 5.35. The fourth-order valence-electron chi connectivity index (χ4n) is 3.05. The summed E-state index contributed by atoms with van der Waals surface area (Å²) in [6.07, 6.45) is 1.88. The Labute approximate surface area is 102 Å². The van der Waals surface area contributed by atoms with Gasteiger partial charge in [-0.2, -0.15) is 0 Å². The van der Waals surface area contributed by atoms with Gasteiger partial charge in [0, 0.05) is 18.6 Å². The number of likely N-dealkylation sites (N-methyl/N-ethyl adjacent to an activating group) is 1. The molecule has 1 saturated heterocycles. The molecule has 0 spiro atoms. The second-order valence-corrected chi connectivity index (χ2v) is 6.43. The Hall–Kier alpha value is -0.0800. The predicted molar refractivity (Wildman–Crippen MR) is 71.5 cm³/mol. The topological polar surface area (TPSA) is 6.48 Å². The molecular formula is C14H30N2. The minimum Gasteiger partial charge on any atom is -0.284 e. The maximum absolute atomic E-state index is 2.70. The average Bonchev–Trinajstić information content (AvgIpc) is 2.39. The van der Waals surface area contributed by atoms with Crippen LogP contribution in [-0.2, 0) is 0 Å². The summed E-state index contributed by atoms with van der Waals surface area (Å²) < 4.78 is 0. The average molecular weight is 226 g/mol. The molecule has 0 aliphatic carbocycles. The Bertz CT molecular complexity index is 219.